The molecule has 2 aromatic rings. The molecule has 1 aliphatic carbocycles. The first kappa shape index (κ1) is 24.0. The smallest absolute Gasteiger partial charge is 0.352 e. The fourth-order valence-electron chi connectivity index (χ4n) is 3.39. The second-order valence-electron chi connectivity index (χ2n) is 7.81. The first-order valence-electron chi connectivity index (χ1n) is 10.4. The van der Waals surface area contributed by atoms with Gasteiger partial charge in [0.15, 0.2) is 15.2 Å². The Morgan fingerprint density at radius 2 is 2.20 bits per heavy atom. The number of hydrogen-bond acceptors (Lipinski definition) is 13. The topological polar surface area (TPSA) is 173 Å². The number of nitrogen functional groups attached to an aromatic ring is 1. The van der Waals surface area contributed by atoms with E-state index in [1.54, 1.807) is 5.38 Å². The zero-order valence-corrected chi connectivity index (χ0v) is 21.4. The second-order valence-corrected chi connectivity index (χ2v) is 12.2. The normalized spacial score (nSPS) is 22.0. The van der Waals surface area contributed by atoms with Crippen LogP contribution in [0.5, 0.6) is 0 Å². The summed E-state index contributed by atoms with van der Waals surface area (Å²) in [4.78, 5) is 48.8. The van der Waals surface area contributed by atoms with Crippen LogP contribution in [0.25, 0.3) is 0 Å². The van der Waals surface area contributed by atoms with E-state index < -0.39 is 29.2 Å². The summed E-state index contributed by atoms with van der Waals surface area (Å²) in [5, 5.41) is 26.6. The molecule has 12 nitrogen and oxygen atoms in total. The number of carbonyl (C=O) groups excluding carboxylic acids is 2. The molecule has 2 aliphatic heterocycles. The number of thiazole rings is 1. The summed E-state index contributed by atoms with van der Waals surface area (Å²) in [5.74, 6) is -1.54. The van der Waals surface area contributed by atoms with E-state index in [0.29, 0.717) is 17.1 Å². The van der Waals surface area contributed by atoms with Crippen LogP contribution in [0.3, 0.4) is 0 Å². The van der Waals surface area contributed by atoms with Crippen LogP contribution < -0.4 is 11.1 Å². The van der Waals surface area contributed by atoms with Crippen LogP contribution in [0.1, 0.15) is 23.5 Å². The molecule has 35 heavy (non-hydrogen) atoms. The molecule has 184 valence electrons. The van der Waals surface area contributed by atoms with E-state index >= 15 is 0 Å². The summed E-state index contributed by atoms with van der Waals surface area (Å²) in [6.07, 6.45) is 1.68. The van der Waals surface area contributed by atoms with Gasteiger partial charge in [0.1, 0.15) is 33.9 Å². The Kier molecular flexibility index (Phi) is 6.69. The minimum absolute atomic E-state index is 0.0351. The van der Waals surface area contributed by atoms with Gasteiger partial charge in [0.2, 0.25) is 0 Å². The SMILES string of the molecule is Cc1nnc(SCC2=C(C(=O)O)N3C(=O)[C@@H](NC(=O)C(=NOC4CC4)c4csc(N)n4)[C@@H]3SC2)s1. The number of anilines is 1. The molecule has 5 rings (SSSR count). The average molecular weight is 554 g/mol. The molecule has 1 saturated heterocycles. The molecule has 16 heteroatoms. The van der Waals surface area contributed by atoms with Crippen molar-refractivity contribution >= 4 is 74.8 Å². The first-order chi connectivity index (χ1) is 16.8. The number of nitrogens with two attached hydrogens (primary N) is 1. The number of carbonyl (C=O) groups is 3. The van der Waals surface area contributed by atoms with Gasteiger partial charge >= 0.3 is 5.97 Å². The van der Waals surface area contributed by atoms with Crippen LogP contribution in [0.2, 0.25) is 0 Å². The fraction of sp³-hybridized carbons (Fsp3) is 0.421. The quantitative estimate of drug-likeness (QED) is 0.177. The Hall–Kier alpha value is -2.69. The number of nitrogens with zero attached hydrogens (tertiary/aromatic N) is 5. The summed E-state index contributed by atoms with van der Waals surface area (Å²) < 4.78 is 0.731. The van der Waals surface area contributed by atoms with E-state index in [2.05, 4.69) is 25.7 Å². The number of aliphatic carboxylic acids is 1. The standard InChI is InChI=1S/C19H19N7O5S4/c1-7-23-24-19(35-7)34-5-8-4-32-16-12(15(28)26(16)13(8)17(29)30)22-14(27)11(25-31-9-2-3-9)10-6-33-18(20)21-10/h6,9,12,16H,2-5H2,1H3,(H2,20,21)(H,22,27)(H,29,30)/t12-,16+/m1/s1. The van der Waals surface area contributed by atoms with Crippen molar-refractivity contribution in [3.63, 3.8) is 0 Å². The molecular formula is C19H19N7O5S4. The van der Waals surface area contributed by atoms with Gasteiger partial charge in [0.25, 0.3) is 11.8 Å². The summed E-state index contributed by atoms with van der Waals surface area (Å²) >= 11 is 5.36. The number of thioether (sulfide) groups is 2. The molecule has 0 unspecified atom stereocenters. The summed E-state index contributed by atoms with van der Waals surface area (Å²) in [6, 6.07) is -0.899. The highest BCUT2D eigenvalue weighted by atomic mass is 32.2. The molecule has 0 bridgehead atoms. The van der Waals surface area contributed by atoms with Crippen molar-refractivity contribution in [2.45, 2.75) is 41.6 Å². The number of aryl methyl sites for hydroxylation is 1. The number of amides is 2. The van der Waals surface area contributed by atoms with E-state index in [1.807, 2.05) is 6.92 Å². The van der Waals surface area contributed by atoms with Gasteiger partial charge < -0.3 is 21.0 Å². The van der Waals surface area contributed by atoms with Crippen LogP contribution in [0, 0.1) is 6.92 Å². The Balaban J connectivity index is 1.30. The third-order valence-corrected chi connectivity index (χ3v) is 9.28. The van der Waals surface area contributed by atoms with E-state index in [0.717, 1.165) is 33.5 Å². The van der Waals surface area contributed by atoms with E-state index in [4.69, 9.17) is 10.6 Å². The van der Waals surface area contributed by atoms with Gasteiger partial charge in [-0.05, 0) is 25.3 Å². The maximum atomic E-state index is 13.0. The Morgan fingerprint density at radius 1 is 1.40 bits per heavy atom. The predicted molar refractivity (Wildman–Crippen MR) is 132 cm³/mol. The van der Waals surface area contributed by atoms with Gasteiger partial charge in [-0.15, -0.1) is 33.3 Å². The van der Waals surface area contributed by atoms with Crippen LogP contribution in [-0.4, -0.2) is 77.7 Å². The highest BCUT2D eigenvalue weighted by Gasteiger charge is 2.54. The monoisotopic (exact) mass is 553 g/mol. The molecule has 0 spiro atoms. The predicted octanol–water partition coefficient (Wildman–Crippen LogP) is 1.30. The first-order valence-corrected chi connectivity index (χ1v) is 14.1. The zero-order valence-electron chi connectivity index (χ0n) is 18.2. The number of nitrogens with one attached hydrogen (secondary N) is 1. The number of fused-ring (bicyclic) bond motifs is 1. The zero-order chi connectivity index (χ0) is 24.7. The number of β-lactam (4-membered cyclic amide) rings is 1. The van der Waals surface area contributed by atoms with Crippen LogP contribution >= 0.6 is 46.2 Å². The molecule has 0 aromatic carbocycles. The number of hydrogen-bond donors (Lipinski definition) is 3. The molecular weight excluding hydrogens is 535 g/mol. The summed E-state index contributed by atoms with van der Waals surface area (Å²) in [7, 11) is 0. The number of oxime groups is 1. The number of aromatic nitrogens is 3. The van der Waals surface area contributed by atoms with E-state index in [1.165, 1.54) is 39.8 Å². The lowest BCUT2D eigenvalue weighted by Gasteiger charge is -2.49. The molecule has 2 fully saturated rings. The third-order valence-electron chi connectivity index (χ3n) is 5.21. The van der Waals surface area contributed by atoms with Crippen molar-refractivity contribution in [2.75, 3.05) is 17.2 Å². The Labute approximate surface area is 215 Å². The Bertz CT molecular complexity index is 1250. The largest absolute Gasteiger partial charge is 0.477 e. The maximum Gasteiger partial charge on any atom is 0.352 e. The molecule has 2 aromatic heterocycles. The minimum Gasteiger partial charge on any atom is -0.477 e. The van der Waals surface area contributed by atoms with Gasteiger partial charge in [-0.3, -0.25) is 14.5 Å². The van der Waals surface area contributed by atoms with Crippen molar-refractivity contribution in [1.29, 1.82) is 0 Å². The molecule has 3 aliphatic rings. The lowest BCUT2D eigenvalue weighted by molar-refractivity contribution is -0.150. The lowest BCUT2D eigenvalue weighted by atomic mass is 10.0. The highest BCUT2D eigenvalue weighted by Crippen LogP contribution is 2.41. The maximum absolute atomic E-state index is 13.0. The van der Waals surface area contributed by atoms with Crippen LogP contribution in [-0.2, 0) is 19.2 Å². The molecule has 4 N–H and O–H groups in total. The van der Waals surface area contributed by atoms with E-state index in [-0.39, 0.29) is 28.3 Å². The Morgan fingerprint density at radius 3 is 2.83 bits per heavy atom. The van der Waals surface area contributed by atoms with Gasteiger partial charge in [0, 0.05) is 16.9 Å². The van der Waals surface area contributed by atoms with E-state index in [9.17, 15) is 19.5 Å². The molecule has 1 saturated carbocycles. The number of carboxylic acid groups (broad SMARTS) is 1. The number of carboxylic acids is 1. The van der Waals surface area contributed by atoms with Crippen molar-refractivity contribution < 1.29 is 24.3 Å². The number of rotatable bonds is 9. The molecule has 2 atom stereocenters. The summed E-state index contributed by atoms with van der Waals surface area (Å²) in [6.45, 7) is 1.84. The lowest BCUT2D eigenvalue weighted by Crippen LogP contribution is -2.71. The third kappa shape index (κ3) is 5.00. The van der Waals surface area contributed by atoms with Gasteiger partial charge in [-0.1, -0.05) is 28.3 Å². The summed E-state index contributed by atoms with van der Waals surface area (Å²) in [5.41, 5.74) is 6.45. The molecule has 4 heterocycles. The molecule has 0 radical (unpaired) electrons. The fourth-order valence-corrected chi connectivity index (χ4v) is 7.24. The highest BCUT2D eigenvalue weighted by molar-refractivity contribution is 8.01. The van der Waals surface area contributed by atoms with Crippen molar-refractivity contribution in [1.82, 2.24) is 25.4 Å². The average Bonchev–Trinajstić information content (AvgIpc) is 3.41. The van der Waals surface area contributed by atoms with Crippen LogP contribution in [0.15, 0.2) is 26.1 Å². The van der Waals surface area contributed by atoms with Crippen molar-refractivity contribution in [3.8, 4) is 0 Å². The van der Waals surface area contributed by atoms with Crippen molar-refractivity contribution in [2.24, 2.45) is 5.16 Å². The van der Waals surface area contributed by atoms with Crippen molar-refractivity contribution in [3.05, 3.63) is 27.4 Å². The van der Waals surface area contributed by atoms with Gasteiger partial charge in [-0.2, -0.15) is 0 Å². The van der Waals surface area contributed by atoms with Gasteiger partial charge in [0.05, 0.1) is 0 Å². The minimum atomic E-state index is -1.18. The molecule has 2 amide bonds. The second kappa shape index (κ2) is 9.75. The van der Waals surface area contributed by atoms with Crippen LogP contribution in [0.4, 0.5) is 5.13 Å². The van der Waals surface area contributed by atoms with Gasteiger partial charge in [-0.25, -0.2) is 9.78 Å².